The molecule has 0 spiro atoms. The fraction of sp³-hybridized carbons (Fsp3) is 1.00. The molecule has 0 amide bonds. The molecule has 12 heavy (non-hydrogen) atoms. The predicted molar refractivity (Wildman–Crippen MR) is 52.1 cm³/mol. The van der Waals surface area contributed by atoms with Gasteiger partial charge < -0.3 is 5.32 Å². The van der Waals surface area contributed by atoms with Crippen LogP contribution in [-0.4, -0.2) is 13.1 Å². The van der Waals surface area contributed by atoms with E-state index in [0.717, 1.165) is 17.8 Å². The highest BCUT2D eigenvalue weighted by Gasteiger charge is 2.32. The first-order valence-corrected chi connectivity index (χ1v) is 5.61. The molecule has 2 rings (SSSR count). The van der Waals surface area contributed by atoms with E-state index in [0.29, 0.717) is 0 Å². The maximum atomic E-state index is 3.53. The lowest BCUT2D eigenvalue weighted by atomic mass is 9.74. The van der Waals surface area contributed by atoms with Crippen LogP contribution in [0.25, 0.3) is 0 Å². The van der Waals surface area contributed by atoms with Gasteiger partial charge in [0.15, 0.2) is 0 Å². The molecule has 0 bridgehead atoms. The highest BCUT2D eigenvalue weighted by molar-refractivity contribution is 4.87. The van der Waals surface area contributed by atoms with Gasteiger partial charge in [-0.1, -0.05) is 26.2 Å². The molecule has 1 N–H and O–H groups in total. The molecule has 0 radical (unpaired) electrons. The van der Waals surface area contributed by atoms with Crippen molar-refractivity contribution in [2.75, 3.05) is 13.1 Å². The number of nitrogens with one attached hydrogen (secondary N) is 1. The third kappa shape index (κ3) is 1.66. The van der Waals surface area contributed by atoms with Crippen LogP contribution < -0.4 is 5.32 Å². The van der Waals surface area contributed by atoms with Gasteiger partial charge in [0.05, 0.1) is 0 Å². The molecule has 0 aromatic carbocycles. The molecule has 2 aliphatic rings. The van der Waals surface area contributed by atoms with Crippen molar-refractivity contribution in [2.24, 2.45) is 17.8 Å². The summed E-state index contributed by atoms with van der Waals surface area (Å²) in [4.78, 5) is 0. The minimum atomic E-state index is 1.04. The third-order valence-electron chi connectivity index (χ3n) is 3.76. The highest BCUT2D eigenvalue weighted by atomic mass is 14.9. The van der Waals surface area contributed by atoms with Crippen molar-refractivity contribution < 1.29 is 0 Å². The van der Waals surface area contributed by atoms with Gasteiger partial charge in [-0.25, -0.2) is 0 Å². The monoisotopic (exact) mass is 167 g/mol. The Morgan fingerprint density at radius 2 is 2.00 bits per heavy atom. The minimum absolute atomic E-state index is 1.04. The van der Waals surface area contributed by atoms with Crippen molar-refractivity contribution in [3.05, 3.63) is 0 Å². The average Bonchev–Trinajstić information content (AvgIpc) is 2.51. The zero-order valence-corrected chi connectivity index (χ0v) is 8.18. The largest absolute Gasteiger partial charge is 0.316 e. The van der Waals surface area contributed by atoms with Crippen LogP contribution in [-0.2, 0) is 0 Å². The Morgan fingerprint density at radius 1 is 1.17 bits per heavy atom. The summed E-state index contributed by atoms with van der Waals surface area (Å²) in [7, 11) is 0. The van der Waals surface area contributed by atoms with E-state index in [-0.39, 0.29) is 0 Å². The van der Waals surface area contributed by atoms with Gasteiger partial charge >= 0.3 is 0 Å². The van der Waals surface area contributed by atoms with Crippen LogP contribution in [0.15, 0.2) is 0 Å². The molecular formula is C11H21N. The second-order valence-electron chi connectivity index (χ2n) is 4.65. The second-order valence-corrected chi connectivity index (χ2v) is 4.65. The summed E-state index contributed by atoms with van der Waals surface area (Å²) in [6, 6.07) is 0. The van der Waals surface area contributed by atoms with Crippen LogP contribution >= 0.6 is 0 Å². The molecular weight excluding hydrogens is 146 g/mol. The second kappa shape index (κ2) is 3.78. The summed E-state index contributed by atoms with van der Waals surface area (Å²) < 4.78 is 0. The summed E-state index contributed by atoms with van der Waals surface area (Å²) in [5.41, 5.74) is 0. The fourth-order valence-electron chi connectivity index (χ4n) is 3.07. The Balaban J connectivity index is 1.84. The molecule has 1 heteroatoms. The van der Waals surface area contributed by atoms with Crippen LogP contribution in [0.1, 0.15) is 39.0 Å². The van der Waals surface area contributed by atoms with Crippen LogP contribution in [0.3, 0.4) is 0 Å². The van der Waals surface area contributed by atoms with Gasteiger partial charge in [0.25, 0.3) is 0 Å². The van der Waals surface area contributed by atoms with Gasteiger partial charge in [-0.2, -0.15) is 0 Å². The van der Waals surface area contributed by atoms with Crippen molar-refractivity contribution in [1.29, 1.82) is 0 Å². The Kier molecular flexibility index (Phi) is 2.69. The average molecular weight is 167 g/mol. The fourth-order valence-corrected chi connectivity index (χ4v) is 3.07. The topological polar surface area (TPSA) is 12.0 Å². The first-order valence-electron chi connectivity index (χ1n) is 5.61. The van der Waals surface area contributed by atoms with E-state index in [2.05, 4.69) is 12.2 Å². The number of rotatable bonds is 2. The molecule has 3 unspecified atom stereocenters. The van der Waals surface area contributed by atoms with Crippen LogP contribution in [0.5, 0.6) is 0 Å². The van der Waals surface area contributed by atoms with Crippen molar-refractivity contribution in [2.45, 2.75) is 39.0 Å². The third-order valence-corrected chi connectivity index (χ3v) is 3.76. The lowest BCUT2D eigenvalue weighted by molar-refractivity contribution is 0.215. The summed E-state index contributed by atoms with van der Waals surface area (Å²) >= 11 is 0. The molecule has 0 aromatic heterocycles. The van der Waals surface area contributed by atoms with Gasteiger partial charge in [0, 0.05) is 0 Å². The molecule has 70 valence electrons. The van der Waals surface area contributed by atoms with Gasteiger partial charge in [0.1, 0.15) is 0 Å². The van der Waals surface area contributed by atoms with Crippen molar-refractivity contribution in [3.8, 4) is 0 Å². The van der Waals surface area contributed by atoms with E-state index in [1.54, 1.807) is 0 Å². The smallest absolute Gasteiger partial charge is 0.00172 e. The summed E-state index contributed by atoms with van der Waals surface area (Å²) in [6.45, 7) is 4.94. The lowest BCUT2D eigenvalue weighted by Gasteiger charge is -2.30. The number of hydrogen-bond acceptors (Lipinski definition) is 1. The van der Waals surface area contributed by atoms with Crippen molar-refractivity contribution in [3.63, 3.8) is 0 Å². The Labute approximate surface area is 75.9 Å². The first kappa shape index (κ1) is 8.55. The number of hydrogen-bond donors (Lipinski definition) is 1. The van der Waals surface area contributed by atoms with E-state index in [1.165, 1.54) is 45.2 Å². The molecule has 1 aliphatic heterocycles. The molecule has 1 saturated heterocycles. The Morgan fingerprint density at radius 3 is 2.83 bits per heavy atom. The summed E-state index contributed by atoms with van der Waals surface area (Å²) in [5.74, 6) is 3.14. The van der Waals surface area contributed by atoms with E-state index in [4.69, 9.17) is 0 Å². The quantitative estimate of drug-likeness (QED) is 0.666. The zero-order chi connectivity index (χ0) is 8.39. The van der Waals surface area contributed by atoms with Crippen molar-refractivity contribution >= 4 is 0 Å². The van der Waals surface area contributed by atoms with Gasteiger partial charge in [0.2, 0.25) is 0 Å². The number of fused-ring (bicyclic) bond motifs is 1. The van der Waals surface area contributed by atoms with Gasteiger partial charge in [-0.15, -0.1) is 0 Å². The van der Waals surface area contributed by atoms with E-state index < -0.39 is 0 Å². The Bertz CT molecular complexity index is 144. The van der Waals surface area contributed by atoms with E-state index in [1.807, 2.05) is 0 Å². The lowest BCUT2D eigenvalue weighted by Crippen LogP contribution is -2.23. The Hall–Kier alpha value is -0.0400. The maximum absolute atomic E-state index is 3.53. The summed E-state index contributed by atoms with van der Waals surface area (Å²) in [5, 5.41) is 3.53. The van der Waals surface area contributed by atoms with E-state index in [9.17, 15) is 0 Å². The maximum Gasteiger partial charge on any atom is -0.00172 e. The SMILES string of the molecule is CCCC1CCC2CNCC2C1. The first-order chi connectivity index (χ1) is 5.90. The normalized spacial score (nSPS) is 41.2. The minimum Gasteiger partial charge on any atom is -0.316 e. The molecule has 1 heterocycles. The van der Waals surface area contributed by atoms with Crippen molar-refractivity contribution in [1.82, 2.24) is 5.32 Å². The van der Waals surface area contributed by atoms with Crippen LogP contribution in [0.4, 0.5) is 0 Å². The van der Waals surface area contributed by atoms with E-state index >= 15 is 0 Å². The van der Waals surface area contributed by atoms with Crippen LogP contribution in [0.2, 0.25) is 0 Å². The molecule has 2 fully saturated rings. The van der Waals surface area contributed by atoms with Gasteiger partial charge in [-0.3, -0.25) is 0 Å². The van der Waals surface area contributed by atoms with Gasteiger partial charge in [-0.05, 0) is 43.7 Å². The molecule has 3 atom stereocenters. The highest BCUT2D eigenvalue weighted by Crippen LogP contribution is 2.37. The molecule has 1 aliphatic carbocycles. The van der Waals surface area contributed by atoms with Crippen LogP contribution in [0, 0.1) is 17.8 Å². The standard InChI is InChI=1S/C11H21N/c1-2-3-9-4-5-10-7-12-8-11(10)6-9/h9-12H,2-8H2,1H3. The molecule has 0 aromatic rings. The summed E-state index contributed by atoms with van der Waals surface area (Å²) in [6.07, 6.45) is 7.39. The molecule has 1 nitrogen and oxygen atoms in total. The predicted octanol–water partition coefficient (Wildman–Crippen LogP) is 2.42. The molecule has 1 saturated carbocycles. The zero-order valence-electron chi connectivity index (χ0n) is 8.18.